The van der Waals surface area contributed by atoms with Gasteiger partial charge >= 0.3 is 0 Å². The molecule has 1 aliphatic carbocycles. The molecule has 0 amide bonds. The van der Waals surface area contributed by atoms with Crippen LogP contribution in [-0.4, -0.2) is 10.8 Å². The fourth-order valence-corrected chi connectivity index (χ4v) is 2.97. The first-order valence-electron chi connectivity index (χ1n) is 6.52. The van der Waals surface area contributed by atoms with Gasteiger partial charge in [-0.15, -0.1) is 0 Å². The Bertz CT molecular complexity index is 671. The largest absolute Gasteiger partial charge is 0.294 e. The lowest BCUT2D eigenvalue weighted by Gasteiger charge is -2.12. The number of ketones is 1. The summed E-state index contributed by atoms with van der Waals surface area (Å²) in [7, 11) is 0. The van der Waals surface area contributed by atoms with Gasteiger partial charge in [-0.1, -0.05) is 12.1 Å². The summed E-state index contributed by atoms with van der Waals surface area (Å²) < 4.78 is 0. The van der Waals surface area contributed by atoms with Crippen LogP contribution in [0, 0.1) is 13.8 Å². The van der Waals surface area contributed by atoms with Crippen LogP contribution in [0.3, 0.4) is 0 Å². The molecule has 2 nitrogen and oxygen atoms in total. The van der Waals surface area contributed by atoms with Crippen molar-refractivity contribution in [3.05, 3.63) is 40.1 Å². The molecule has 92 valence electrons. The number of hydrogen-bond donors (Lipinski definition) is 0. The summed E-state index contributed by atoms with van der Waals surface area (Å²) in [5.41, 5.74) is 6.70. The van der Waals surface area contributed by atoms with Crippen LogP contribution < -0.4 is 0 Å². The highest BCUT2D eigenvalue weighted by Gasteiger charge is 2.22. The smallest absolute Gasteiger partial charge is 0.160 e. The van der Waals surface area contributed by atoms with Crippen LogP contribution in [-0.2, 0) is 12.8 Å². The Morgan fingerprint density at radius 2 is 2.00 bits per heavy atom. The number of carbonyl (C=O) groups excluding carboxylic acids is 1. The van der Waals surface area contributed by atoms with Crippen LogP contribution in [0.4, 0.5) is 0 Å². The van der Waals surface area contributed by atoms with Crippen LogP contribution in [0.15, 0.2) is 12.1 Å². The molecule has 0 atom stereocenters. The number of carbonyl (C=O) groups is 1. The van der Waals surface area contributed by atoms with Crippen molar-refractivity contribution in [2.45, 2.75) is 40.0 Å². The lowest BCUT2D eigenvalue weighted by molar-refractivity contribution is 0.101. The van der Waals surface area contributed by atoms with Gasteiger partial charge in [-0.2, -0.15) is 0 Å². The van der Waals surface area contributed by atoms with Crippen molar-refractivity contribution in [1.82, 2.24) is 4.98 Å². The van der Waals surface area contributed by atoms with Crippen molar-refractivity contribution in [3.63, 3.8) is 0 Å². The summed E-state index contributed by atoms with van der Waals surface area (Å²) in [5, 5.41) is 1.03. The fourth-order valence-electron chi connectivity index (χ4n) is 2.97. The van der Waals surface area contributed by atoms with Crippen molar-refractivity contribution >= 4 is 16.7 Å². The number of nitrogens with zero attached hydrogens (tertiary/aromatic N) is 1. The molecule has 2 heteroatoms. The number of pyridine rings is 1. The minimum absolute atomic E-state index is 0.170. The summed E-state index contributed by atoms with van der Waals surface area (Å²) in [6.07, 6.45) is 3.13. The maximum Gasteiger partial charge on any atom is 0.160 e. The normalized spacial score (nSPS) is 13.9. The third-order valence-corrected chi connectivity index (χ3v) is 4.06. The van der Waals surface area contributed by atoms with Gasteiger partial charge in [-0.25, -0.2) is 0 Å². The van der Waals surface area contributed by atoms with Gasteiger partial charge in [0.05, 0.1) is 5.52 Å². The van der Waals surface area contributed by atoms with Crippen LogP contribution >= 0.6 is 0 Å². The molecular weight excluding hydrogens is 222 g/mol. The minimum atomic E-state index is 0.170. The number of rotatable bonds is 1. The molecule has 1 aliphatic rings. The topological polar surface area (TPSA) is 30.0 Å². The van der Waals surface area contributed by atoms with E-state index in [0.717, 1.165) is 41.4 Å². The van der Waals surface area contributed by atoms with Crippen LogP contribution in [0.25, 0.3) is 10.9 Å². The summed E-state index contributed by atoms with van der Waals surface area (Å²) in [6.45, 7) is 5.86. The molecule has 3 rings (SSSR count). The number of hydrogen-bond acceptors (Lipinski definition) is 2. The van der Waals surface area contributed by atoms with E-state index in [-0.39, 0.29) is 5.78 Å². The molecule has 0 unspecified atom stereocenters. The average Bonchev–Trinajstić information content (AvgIpc) is 2.79. The molecule has 0 spiro atoms. The van der Waals surface area contributed by atoms with E-state index in [1.807, 2.05) is 0 Å². The van der Waals surface area contributed by atoms with E-state index < -0.39 is 0 Å². The van der Waals surface area contributed by atoms with Gasteiger partial charge in [-0.3, -0.25) is 9.78 Å². The van der Waals surface area contributed by atoms with E-state index in [1.54, 1.807) is 6.92 Å². The van der Waals surface area contributed by atoms with E-state index in [4.69, 9.17) is 4.98 Å². The van der Waals surface area contributed by atoms with Crippen molar-refractivity contribution < 1.29 is 4.79 Å². The number of fused-ring (bicyclic) bond motifs is 2. The second-order valence-corrected chi connectivity index (χ2v) is 5.23. The van der Waals surface area contributed by atoms with E-state index in [0.29, 0.717) is 0 Å². The molecule has 0 N–H and O–H groups in total. The van der Waals surface area contributed by atoms with Gasteiger partial charge in [-0.05, 0) is 56.7 Å². The molecule has 18 heavy (non-hydrogen) atoms. The fraction of sp³-hybridized carbons (Fsp3) is 0.375. The van der Waals surface area contributed by atoms with E-state index in [1.165, 1.54) is 16.7 Å². The number of aromatic nitrogens is 1. The molecule has 1 aromatic carbocycles. The van der Waals surface area contributed by atoms with Crippen LogP contribution in [0.1, 0.15) is 46.1 Å². The molecule has 0 fully saturated rings. The SMILES string of the molecule is CC(=O)c1c2c(nc3c(C)c(C)ccc13)CCC2. The molecular formula is C16H17NO. The Hall–Kier alpha value is -1.70. The zero-order valence-electron chi connectivity index (χ0n) is 11.1. The molecule has 2 aromatic rings. The first-order chi connectivity index (χ1) is 8.59. The molecule has 1 aromatic heterocycles. The predicted molar refractivity (Wildman–Crippen MR) is 73.2 cm³/mol. The third-order valence-electron chi connectivity index (χ3n) is 4.06. The van der Waals surface area contributed by atoms with Gasteiger partial charge in [0.15, 0.2) is 5.78 Å². The van der Waals surface area contributed by atoms with E-state index >= 15 is 0 Å². The van der Waals surface area contributed by atoms with Crippen LogP contribution in [0.5, 0.6) is 0 Å². The Morgan fingerprint density at radius 3 is 2.72 bits per heavy atom. The highest BCUT2D eigenvalue weighted by atomic mass is 16.1. The van der Waals surface area contributed by atoms with E-state index in [2.05, 4.69) is 26.0 Å². The second kappa shape index (κ2) is 3.91. The second-order valence-electron chi connectivity index (χ2n) is 5.23. The van der Waals surface area contributed by atoms with Crippen molar-refractivity contribution in [2.24, 2.45) is 0 Å². The maximum atomic E-state index is 12.0. The summed E-state index contributed by atoms with van der Waals surface area (Å²) in [5.74, 6) is 0.170. The lowest BCUT2D eigenvalue weighted by Crippen LogP contribution is -2.04. The minimum Gasteiger partial charge on any atom is -0.294 e. The zero-order valence-corrected chi connectivity index (χ0v) is 11.1. The number of aryl methyl sites for hydroxylation is 3. The Morgan fingerprint density at radius 1 is 1.22 bits per heavy atom. The molecule has 0 radical (unpaired) electrons. The van der Waals surface area contributed by atoms with Crippen LogP contribution in [0.2, 0.25) is 0 Å². The third kappa shape index (κ3) is 1.48. The lowest BCUT2D eigenvalue weighted by atomic mass is 9.95. The number of benzene rings is 1. The monoisotopic (exact) mass is 239 g/mol. The Kier molecular flexibility index (Phi) is 2.47. The predicted octanol–water partition coefficient (Wildman–Crippen LogP) is 3.54. The van der Waals surface area contributed by atoms with Gasteiger partial charge < -0.3 is 0 Å². The Balaban J connectivity index is 2.49. The van der Waals surface area contributed by atoms with Gasteiger partial charge in [0.2, 0.25) is 0 Å². The molecule has 0 aliphatic heterocycles. The highest BCUT2D eigenvalue weighted by Crippen LogP contribution is 2.32. The van der Waals surface area contributed by atoms with Gasteiger partial charge in [0, 0.05) is 16.6 Å². The average molecular weight is 239 g/mol. The quantitative estimate of drug-likeness (QED) is 0.712. The van der Waals surface area contributed by atoms with Gasteiger partial charge in [0.1, 0.15) is 0 Å². The summed E-state index contributed by atoms with van der Waals surface area (Å²) >= 11 is 0. The van der Waals surface area contributed by atoms with Crippen molar-refractivity contribution in [1.29, 1.82) is 0 Å². The van der Waals surface area contributed by atoms with E-state index in [9.17, 15) is 4.79 Å². The Labute approximate surface area is 107 Å². The molecule has 1 heterocycles. The summed E-state index contributed by atoms with van der Waals surface area (Å²) in [4.78, 5) is 16.8. The van der Waals surface area contributed by atoms with Crippen molar-refractivity contribution in [3.8, 4) is 0 Å². The molecule has 0 bridgehead atoms. The van der Waals surface area contributed by atoms with Gasteiger partial charge in [0.25, 0.3) is 0 Å². The first-order valence-corrected chi connectivity index (χ1v) is 6.52. The first kappa shape index (κ1) is 11.4. The molecule has 0 saturated carbocycles. The standard InChI is InChI=1S/C16H17NO/c1-9-7-8-13-15(11(3)18)12-5-4-6-14(12)17-16(13)10(9)2/h7-8H,4-6H2,1-3H3. The van der Waals surface area contributed by atoms with Crippen molar-refractivity contribution in [2.75, 3.05) is 0 Å². The highest BCUT2D eigenvalue weighted by molar-refractivity contribution is 6.08. The summed E-state index contributed by atoms with van der Waals surface area (Å²) in [6, 6.07) is 4.15. The molecule has 0 saturated heterocycles. The maximum absolute atomic E-state index is 12.0. The zero-order chi connectivity index (χ0) is 12.9. The number of Topliss-reactive ketones (excluding diaryl/α,β-unsaturated/α-hetero) is 1.